The second-order valence-electron chi connectivity index (χ2n) is 2.37. The summed E-state index contributed by atoms with van der Waals surface area (Å²) in [7, 11) is 0. The molecule has 57 valence electrons. The lowest BCUT2D eigenvalue weighted by atomic mass is 9.83. The summed E-state index contributed by atoms with van der Waals surface area (Å²) >= 11 is 0. The molecule has 0 aromatic rings. The van der Waals surface area contributed by atoms with E-state index in [9.17, 15) is 9.59 Å². The highest BCUT2D eigenvalue weighted by Gasteiger charge is 2.36. The van der Waals surface area contributed by atoms with Crippen LogP contribution in [0.2, 0.25) is 0 Å². The Balaban J connectivity index is 2.94. The van der Waals surface area contributed by atoms with E-state index in [0.29, 0.717) is 0 Å². The van der Waals surface area contributed by atoms with E-state index in [4.69, 9.17) is 5.11 Å². The zero-order chi connectivity index (χ0) is 8.32. The molecule has 11 heavy (non-hydrogen) atoms. The SMILES string of the molecule is O=[C]C1(C(=O)O)C=CC=CC1. The standard InChI is InChI=1S/C8H7O3/c9-6-8(7(10)11)4-2-1-3-5-8/h1-4H,5H2,(H,10,11). The van der Waals surface area contributed by atoms with Gasteiger partial charge in [-0.25, -0.2) is 0 Å². The molecule has 1 rings (SSSR count). The maximum Gasteiger partial charge on any atom is 0.321 e. The Morgan fingerprint density at radius 3 is 2.55 bits per heavy atom. The van der Waals surface area contributed by atoms with Crippen molar-refractivity contribution in [1.29, 1.82) is 0 Å². The number of allylic oxidation sites excluding steroid dienone is 3. The zero-order valence-corrected chi connectivity index (χ0v) is 5.78. The summed E-state index contributed by atoms with van der Waals surface area (Å²) in [6, 6.07) is 0. The maximum absolute atomic E-state index is 10.6. The molecule has 0 aliphatic heterocycles. The Morgan fingerprint density at radius 2 is 2.27 bits per heavy atom. The number of aliphatic carboxylic acids is 1. The molecule has 3 heteroatoms. The Bertz CT molecular complexity index is 240. The number of carbonyl (C=O) groups excluding carboxylic acids is 1. The molecular weight excluding hydrogens is 144 g/mol. The van der Waals surface area contributed by atoms with E-state index in [2.05, 4.69) is 0 Å². The highest BCUT2D eigenvalue weighted by atomic mass is 16.4. The summed E-state index contributed by atoms with van der Waals surface area (Å²) in [5.41, 5.74) is -1.44. The van der Waals surface area contributed by atoms with Crippen LogP contribution < -0.4 is 0 Å². The molecule has 1 aliphatic rings. The molecule has 0 fully saturated rings. The summed E-state index contributed by atoms with van der Waals surface area (Å²) < 4.78 is 0. The summed E-state index contributed by atoms with van der Waals surface area (Å²) in [5, 5.41) is 8.64. The molecule has 0 amide bonds. The zero-order valence-electron chi connectivity index (χ0n) is 5.78. The largest absolute Gasteiger partial charge is 0.480 e. The van der Waals surface area contributed by atoms with Crippen LogP contribution in [-0.2, 0) is 9.59 Å². The molecule has 1 unspecified atom stereocenters. The lowest BCUT2D eigenvalue weighted by Crippen LogP contribution is -2.30. The molecule has 0 bridgehead atoms. The second kappa shape index (κ2) is 2.70. The van der Waals surface area contributed by atoms with Crippen LogP contribution in [0.1, 0.15) is 6.42 Å². The lowest BCUT2D eigenvalue weighted by molar-refractivity contribution is -0.142. The molecule has 0 saturated heterocycles. The predicted molar refractivity (Wildman–Crippen MR) is 38.7 cm³/mol. The first-order valence-electron chi connectivity index (χ1n) is 3.18. The molecule has 1 N–H and O–H groups in total. The molecule has 0 saturated carbocycles. The average Bonchev–Trinajstić information content (AvgIpc) is 2.05. The van der Waals surface area contributed by atoms with Gasteiger partial charge in [0.15, 0.2) is 5.41 Å². The van der Waals surface area contributed by atoms with E-state index in [-0.39, 0.29) is 6.42 Å². The maximum atomic E-state index is 10.6. The van der Waals surface area contributed by atoms with Gasteiger partial charge in [-0.15, -0.1) is 0 Å². The quantitative estimate of drug-likeness (QED) is 0.590. The van der Waals surface area contributed by atoms with E-state index in [0.717, 1.165) is 0 Å². The van der Waals surface area contributed by atoms with Crippen LogP contribution in [0.5, 0.6) is 0 Å². The van der Waals surface area contributed by atoms with Gasteiger partial charge in [0.2, 0.25) is 6.29 Å². The predicted octanol–water partition coefficient (Wildman–Crippen LogP) is 0.683. The minimum Gasteiger partial charge on any atom is -0.480 e. The first-order chi connectivity index (χ1) is 5.21. The highest BCUT2D eigenvalue weighted by Crippen LogP contribution is 2.25. The first-order valence-corrected chi connectivity index (χ1v) is 3.18. The van der Waals surface area contributed by atoms with Crippen LogP contribution in [0.25, 0.3) is 0 Å². The lowest BCUT2D eigenvalue weighted by Gasteiger charge is -2.17. The van der Waals surface area contributed by atoms with Gasteiger partial charge in [-0.3, -0.25) is 9.59 Å². The van der Waals surface area contributed by atoms with Crippen molar-refractivity contribution in [3.05, 3.63) is 24.3 Å². The normalized spacial score (nSPS) is 28.4. The Morgan fingerprint density at radius 1 is 1.55 bits per heavy atom. The second-order valence-corrected chi connectivity index (χ2v) is 2.37. The highest BCUT2D eigenvalue weighted by molar-refractivity contribution is 5.95. The molecule has 1 aliphatic carbocycles. The van der Waals surface area contributed by atoms with Gasteiger partial charge >= 0.3 is 5.97 Å². The summed E-state index contributed by atoms with van der Waals surface area (Å²) in [4.78, 5) is 20.9. The van der Waals surface area contributed by atoms with Crippen LogP contribution in [0, 0.1) is 5.41 Å². The van der Waals surface area contributed by atoms with Crippen molar-refractivity contribution in [2.45, 2.75) is 6.42 Å². The topological polar surface area (TPSA) is 54.4 Å². The van der Waals surface area contributed by atoms with E-state index in [1.807, 2.05) is 0 Å². The molecular formula is C8H7O3. The van der Waals surface area contributed by atoms with Crippen LogP contribution in [0.4, 0.5) is 0 Å². The van der Waals surface area contributed by atoms with Crippen LogP contribution in [0.15, 0.2) is 24.3 Å². The van der Waals surface area contributed by atoms with Gasteiger partial charge in [0, 0.05) is 0 Å². The van der Waals surface area contributed by atoms with Crippen molar-refractivity contribution >= 4 is 12.3 Å². The fourth-order valence-corrected chi connectivity index (χ4v) is 0.898. The van der Waals surface area contributed by atoms with E-state index >= 15 is 0 Å². The molecule has 0 aromatic heterocycles. The third kappa shape index (κ3) is 1.22. The molecule has 1 atom stereocenters. The minimum absolute atomic E-state index is 0.197. The third-order valence-electron chi connectivity index (χ3n) is 1.63. The van der Waals surface area contributed by atoms with E-state index in [1.165, 1.54) is 12.4 Å². The van der Waals surface area contributed by atoms with Gasteiger partial charge in [0.25, 0.3) is 0 Å². The Labute approximate surface area is 64.0 Å². The molecule has 0 aromatic carbocycles. The van der Waals surface area contributed by atoms with E-state index < -0.39 is 11.4 Å². The summed E-state index contributed by atoms with van der Waals surface area (Å²) in [6.45, 7) is 0. The summed E-state index contributed by atoms with van der Waals surface area (Å²) in [6.07, 6.45) is 7.96. The number of rotatable bonds is 2. The van der Waals surface area contributed by atoms with Crippen molar-refractivity contribution in [1.82, 2.24) is 0 Å². The third-order valence-corrected chi connectivity index (χ3v) is 1.63. The number of hydrogen-bond donors (Lipinski definition) is 1. The van der Waals surface area contributed by atoms with Crippen LogP contribution >= 0.6 is 0 Å². The van der Waals surface area contributed by atoms with Gasteiger partial charge in [0.1, 0.15) is 0 Å². The number of hydrogen-bond acceptors (Lipinski definition) is 2. The monoisotopic (exact) mass is 151 g/mol. The van der Waals surface area contributed by atoms with Crippen molar-refractivity contribution in [2.75, 3.05) is 0 Å². The molecule has 0 heterocycles. The van der Waals surface area contributed by atoms with Gasteiger partial charge in [-0.1, -0.05) is 24.3 Å². The van der Waals surface area contributed by atoms with Gasteiger partial charge in [-0.05, 0) is 6.42 Å². The van der Waals surface area contributed by atoms with Crippen molar-refractivity contribution in [3.63, 3.8) is 0 Å². The van der Waals surface area contributed by atoms with Gasteiger partial charge < -0.3 is 5.11 Å². The Hall–Kier alpha value is -1.38. The molecule has 3 nitrogen and oxygen atoms in total. The van der Waals surface area contributed by atoms with Crippen molar-refractivity contribution < 1.29 is 14.7 Å². The summed E-state index contributed by atoms with van der Waals surface area (Å²) in [5.74, 6) is -1.15. The van der Waals surface area contributed by atoms with Crippen LogP contribution in [0.3, 0.4) is 0 Å². The number of carboxylic acids is 1. The van der Waals surface area contributed by atoms with Crippen molar-refractivity contribution in [3.8, 4) is 0 Å². The fraction of sp³-hybridized carbons (Fsp3) is 0.250. The number of carbonyl (C=O) groups is 1. The Kier molecular flexibility index (Phi) is 1.89. The van der Waals surface area contributed by atoms with Crippen molar-refractivity contribution in [2.24, 2.45) is 5.41 Å². The molecule has 0 spiro atoms. The van der Waals surface area contributed by atoms with Crippen LogP contribution in [-0.4, -0.2) is 17.4 Å². The average molecular weight is 151 g/mol. The van der Waals surface area contributed by atoms with Gasteiger partial charge in [0.05, 0.1) is 0 Å². The van der Waals surface area contributed by atoms with E-state index in [1.54, 1.807) is 18.2 Å². The van der Waals surface area contributed by atoms with Gasteiger partial charge in [-0.2, -0.15) is 0 Å². The first kappa shape index (κ1) is 7.72. The minimum atomic E-state index is -1.44. The molecule has 1 radical (unpaired) electrons. The number of carboxylic acid groups (broad SMARTS) is 1. The smallest absolute Gasteiger partial charge is 0.321 e. The fourth-order valence-electron chi connectivity index (χ4n) is 0.898.